The molecule has 0 unspecified atom stereocenters. The van der Waals surface area contributed by atoms with E-state index in [1.165, 1.54) is 33.3 Å². The number of aryl methyl sites for hydroxylation is 2. The predicted molar refractivity (Wildman–Crippen MR) is 112 cm³/mol. The Labute approximate surface area is 158 Å². The Morgan fingerprint density at radius 2 is 1.85 bits per heavy atom. The summed E-state index contributed by atoms with van der Waals surface area (Å²) >= 11 is 0. The molecule has 5 nitrogen and oxygen atoms in total. The van der Waals surface area contributed by atoms with Crippen LogP contribution in [0.1, 0.15) is 16.7 Å². The second-order valence-electron chi connectivity index (χ2n) is 6.71. The number of nitrogens with zero attached hydrogens (tertiary/aromatic N) is 2. The number of nitrogens with one attached hydrogen (secondary N) is 3. The maximum atomic E-state index is 4.44. The van der Waals surface area contributed by atoms with Gasteiger partial charge in [0.2, 0.25) is 5.95 Å². The second kappa shape index (κ2) is 7.11. The van der Waals surface area contributed by atoms with Gasteiger partial charge in [-0.3, -0.25) is 0 Å². The van der Waals surface area contributed by atoms with Crippen molar-refractivity contribution in [3.05, 3.63) is 71.4 Å². The third-order valence-electron chi connectivity index (χ3n) is 4.80. The van der Waals surface area contributed by atoms with E-state index in [-0.39, 0.29) is 0 Å². The summed E-state index contributed by atoms with van der Waals surface area (Å²) in [7, 11) is 1.85. The highest BCUT2D eigenvalue weighted by Crippen LogP contribution is 2.32. The molecule has 3 N–H and O–H groups in total. The molecule has 136 valence electrons. The van der Waals surface area contributed by atoms with Crippen molar-refractivity contribution in [1.29, 1.82) is 0 Å². The van der Waals surface area contributed by atoms with Crippen LogP contribution in [0.15, 0.2) is 54.7 Å². The van der Waals surface area contributed by atoms with Crippen molar-refractivity contribution in [2.45, 2.75) is 20.4 Å². The van der Waals surface area contributed by atoms with Crippen molar-refractivity contribution in [3.8, 4) is 11.3 Å². The van der Waals surface area contributed by atoms with Crippen LogP contribution in [0.2, 0.25) is 0 Å². The van der Waals surface area contributed by atoms with Crippen LogP contribution < -0.4 is 10.6 Å². The van der Waals surface area contributed by atoms with Gasteiger partial charge in [-0.15, -0.1) is 0 Å². The summed E-state index contributed by atoms with van der Waals surface area (Å²) in [5.74, 6) is 1.41. The first-order valence-electron chi connectivity index (χ1n) is 9.07. The van der Waals surface area contributed by atoms with E-state index in [0.29, 0.717) is 12.5 Å². The third kappa shape index (κ3) is 3.36. The molecule has 0 spiro atoms. The fourth-order valence-electron chi connectivity index (χ4n) is 3.45. The number of fused-ring (bicyclic) bond motifs is 1. The molecular formula is C22H23N5. The highest BCUT2D eigenvalue weighted by atomic mass is 15.1. The molecule has 0 amide bonds. The maximum Gasteiger partial charge on any atom is 0.224 e. The van der Waals surface area contributed by atoms with E-state index in [1.54, 1.807) is 6.20 Å². The zero-order chi connectivity index (χ0) is 18.8. The molecular weight excluding hydrogens is 334 g/mol. The largest absolute Gasteiger partial charge is 0.373 e. The van der Waals surface area contributed by atoms with Gasteiger partial charge in [0.25, 0.3) is 0 Å². The number of aromatic amines is 1. The number of benzene rings is 2. The minimum absolute atomic E-state index is 0.614. The monoisotopic (exact) mass is 357 g/mol. The zero-order valence-corrected chi connectivity index (χ0v) is 15.8. The summed E-state index contributed by atoms with van der Waals surface area (Å²) in [6.07, 6.45) is 1.75. The van der Waals surface area contributed by atoms with Gasteiger partial charge < -0.3 is 15.6 Å². The summed E-state index contributed by atoms with van der Waals surface area (Å²) in [4.78, 5) is 12.4. The molecule has 0 bridgehead atoms. The Bertz CT molecular complexity index is 1080. The molecule has 2 aromatic carbocycles. The molecule has 27 heavy (non-hydrogen) atoms. The van der Waals surface area contributed by atoms with E-state index in [1.807, 2.05) is 19.2 Å². The van der Waals surface area contributed by atoms with Crippen LogP contribution in [0, 0.1) is 13.8 Å². The van der Waals surface area contributed by atoms with E-state index < -0.39 is 0 Å². The van der Waals surface area contributed by atoms with Crippen LogP contribution in [0.4, 0.5) is 11.8 Å². The van der Waals surface area contributed by atoms with E-state index in [4.69, 9.17) is 0 Å². The topological polar surface area (TPSA) is 65.6 Å². The average molecular weight is 357 g/mol. The van der Waals surface area contributed by atoms with Gasteiger partial charge >= 0.3 is 0 Å². The Morgan fingerprint density at radius 1 is 1.04 bits per heavy atom. The average Bonchev–Trinajstić information content (AvgIpc) is 3.03. The predicted octanol–water partition coefficient (Wildman–Crippen LogP) is 4.90. The van der Waals surface area contributed by atoms with Crippen molar-refractivity contribution in [2.24, 2.45) is 0 Å². The minimum Gasteiger partial charge on any atom is -0.373 e. The summed E-state index contributed by atoms with van der Waals surface area (Å²) in [5, 5.41) is 7.64. The molecule has 0 aliphatic heterocycles. The van der Waals surface area contributed by atoms with Crippen LogP contribution >= 0.6 is 0 Å². The number of aromatic nitrogens is 3. The molecule has 0 fully saturated rings. The Hall–Kier alpha value is -3.34. The zero-order valence-electron chi connectivity index (χ0n) is 15.8. The lowest BCUT2D eigenvalue weighted by Crippen LogP contribution is -2.05. The SMILES string of the molecule is CNc1ccnc(NCc2cc(C)cc3c(C)c(-c4ccccc4)[nH]c23)n1. The molecule has 4 rings (SSSR count). The minimum atomic E-state index is 0.614. The lowest BCUT2D eigenvalue weighted by molar-refractivity contribution is 1.06. The normalized spacial score (nSPS) is 10.9. The lowest BCUT2D eigenvalue weighted by Gasteiger charge is -2.09. The molecule has 0 saturated carbocycles. The van der Waals surface area contributed by atoms with Crippen molar-refractivity contribution in [2.75, 3.05) is 17.7 Å². The highest BCUT2D eigenvalue weighted by Gasteiger charge is 2.13. The number of hydrogen-bond donors (Lipinski definition) is 3. The van der Waals surface area contributed by atoms with Crippen molar-refractivity contribution in [1.82, 2.24) is 15.0 Å². The van der Waals surface area contributed by atoms with Crippen molar-refractivity contribution >= 4 is 22.7 Å². The number of hydrogen-bond acceptors (Lipinski definition) is 4. The Balaban J connectivity index is 1.72. The van der Waals surface area contributed by atoms with Crippen LogP contribution in [0.3, 0.4) is 0 Å². The highest BCUT2D eigenvalue weighted by molar-refractivity contribution is 5.93. The van der Waals surface area contributed by atoms with Gasteiger partial charge in [0.05, 0.1) is 5.52 Å². The number of rotatable bonds is 5. The fraction of sp³-hybridized carbons (Fsp3) is 0.182. The first-order valence-corrected chi connectivity index (χ1v) is 9.07. The standard InChI is InChI=1S/C22H23N5/c1-14-11-17(13-25-22-24-10-9-19(23-3)26-22)21-18(12-14)15(2)20(27-21)16-7-5-4-6-8-16/h4-12,27H,13H2,1-3H3,(H2,23,24,25,26). The van der Waals surface area contributed by atoms with Gasteiger partial charge in [0.1, 0.15) is 5.82 Å². The summed E-state index contributed by atoms with van der Waals surface area (Å²) in [5.41, 5.74) is 7.25. The van der Waals surface area contributed by atoms with E-state index in [9.17, 15) is 0 Å². The molecule has 4 aromatic rings. The summed E-state index contributed by atoms with van der Waals surface area (Å²) in [6, 6.07) is 16.8. The number of anilines is 2. The second-order valence-corrected chi connectivity index (χ2v) is 6.71. The van der Waals surface area contributed by atoms with Gasteiger partial charge in [-0.1, -0.05) is 42.0 Å². The van der Waals surface area contributed by atoms with Crippen LogP contribution in [-0.4, -0.2) is 22.0 Å². The molecule has 0 aliphatic rings. The quantitative estimate of drug-likeness (QED) is 0.475. The molecule has 0 atom stereocenters. The summed E-state index contributed by atoms with van der Waals surface area (Å²) in [6.45, 7) is 4.96. The first-order chi connectivity index (χ1) is 13.2. The molecule has 0 saturated heterocycles. The van der Waals surface area contributed by atoms with E-state index >= 15 is 0 Å². The van der Waals surface area contributed by atoms with Crippen LogP contribution in [-0.2, 0) is 6.54 Å². The van der Waals surface area contributed by atoms with Gasteiger partial charge in [0, 0.05) is 30.9 Å². The molecule has 0 radical (unpaired) electrons. The van der Waals surface area contributed by atoms with E-state index in [0.717, 1.165) is 11.3 Å². The van der Waals surface area contributed by atoms with Crippen LogP contribution in [0.25, 0.3) is 22.2 Å². The van der Waals surface area contributed by atoms with Crippen molar-refractivity contribution < 1.29 is 0 Å². The van der Waals surface area contributed by atoms with Gasteiger partial charge in [0.15, 0.2) is 0 Å². The number of H-pyrrole nitrogens is 1. The lowest BCUT2D eigenvalue weighted by atomic mass is 10.0. The van der Waals surface area contributed by atoms with E-state index in [2.05, 4.69) is 75.8 Å². The molecule has 5 heteroatoms. The van der Waals surface area contributed by atoms with Gasteiger partial charge in [-0.05, 0) is 42.7 Å². The molecule has 2 aromatic heterocycles. The maximum absolute atomic E-state index is 4.44. The van der Waals surface area contributed by atoms with Gasteiger partial charge in [-0.2, -0.15) is 4.98 Å². The Kier molecular flexibility index (Phi) is 4.50. The summed E-state index contributed by atoms with van der Waals surface area (Å²) < 4.78 is 0. The third-order valence-corrected chi connectivity index (χ3v) is 4.80. The smallest absolute Gasteiger partial charge is 0.224 e. The Morgan fingerprint density at radius 3 is 2.63 bits per heavy atom. The fourth-order valence-corrected chi connectivity index (χ4v) is 3.45. The first kappa shape index (κ1) is 17.1. The molecule has 2 heterocycles. The van der Waals surface area contributed by atoms with Gasteiger partial charge in [-0.25, -0.2) is 4.98 Å². The van der Waals surface area contributed by atoms with Crippen molar-refractivity contribution in [3.63, 3.8) is 0 Å². The molecule has 0 aliphatic carbocycles. The van der Waals surface area contributed by atoms with Crippen LogP contribution in [0.5, 0.6) is 0 Å².